The third kappa shape index (κ3) is 4.37. The summed E-state index contributed by atoms with van der Waals surface area (Å²) in [6.07, 6.45) is 2.32. The second-order valence-corrected chi connectivity index (χ2v) is 5.84. The predicted octanol–water partition coefficient (Wildman–Crippen LogP) is 0.738. The van der Waals surface area contributed by atoms with E-state index in [1.54, 1.807) is 24.5 Å². The number of hydrogen-bond acceptors (Lipinski definition) is 4. The number of rotatable bonds is 5. The Morgan fingerprint density at radius 3 is 2.67 bits per heavy atom. The highest BCUT2D eigenvalue weighted by atomic mass is 32.2. The number of carbonyl (C=O) groups excluding carboxylic acids is 1. The average Bonchev–Trinajstić information content (AvgIpc) is 2.26. The lowest BCUT2D eigenvalue weighted by Gasteiger charge is -2.14. The Kier molecular flexibility index (Phi) is 5.15. The number of benzene rings is 1. The molecule has 0 aromatic heterocycles. The highest BCUT2D eigenvalue weighted by Gasteiger charge is 2.12. The minimum Gasteiger partial charge on any atom is -0.399 e. The lowest BCUT2D eigenvalue weighted by molar-refractivity contribution is 0.0940. The minimum absolute atomic E-state index is 0.0432. The summed E-state index contributed by atoms with van der Waals surface area (Å²) in [6.45, 7) is 1.87. The van der Waals surface area contributed by atoms with Gasteiger partial charge in [-0.25, -0.2) is 0 Å². The Morgan fingerprint density at radius 2 is 2.11 bits per heavy atom. The molecule has 0 heterocycles. The molecule has 6 heteroatoms. The van der Waals surface area contributed by atoms with Crippen LogP contribution in [0, 0.1) is 0 Å². The van der Waals surface area contributed by atoms with Crippen LogP contribution in [0.5, 0.6) is 0 Å². The summed E-state index contributed by atoms with van der Waals surface area (Å²) in [5.41, 5.74) is 12.6. The van der Waals surface area contributed by atoms with E-state index in [1.807, 2.05) is 6.92 Å². The molecule has 2 unspecified atom stereocenters. The Hall–Kier alpha value is -1.56. The lowest BCUT2D eigenvalue weighted by Crippen LogP contribution is -2.33. The van der Waals surface area contributed by atoms with Crippen molar-refractivity contribution in [2.24, 2.45) is 0 Å². The van der Waals surface area contributed by atoms with Crippen LogP contribution in [0.2, 0.25) is 0 Å². The molecule has 0 aliphatic carbocycles. The summed E-state index contributed by atoms with van der Waals surface area (Å²) in [5.74, 6) is 0.334. The van der Waals surface area contributed by atoms with Crippen LogP contribution >= 0.6 is 0 Å². The maximum Gasteiger partial charge on any atom is 0.253 e. The number of nitrogens with one attached hydrogen (secondary N) is 1. The van der Waals surface area contributed by atoms with Gasteiger partial charge < -0.3 is 16.8 Å². The minimum atomic E-state index is -0.845. The molecule has 5 N–H and O–H groups in total. The quantitative estimate of drug-likeness (QED) is 0.686. The number of anilines is 2. The van der Waals surface area contributed by atoms with Gasteiger partial charge in [-0.05, 0) is 31.5 Å². The van der Waals surface area contributed by atoms with E-state index in [1.165, 1.54) is 0 Å². The molecule has 0 aliphatic rings. The Balaban J connectivity index is 2.62. The molecule has 18 heavy (non-hydrogen) atoms. The normalized spacial score (nSPS) is 13.9. The average molecular weight is 269 g/mol. The maximum atomic E-state index is 11.9. The summed E-state index contributed by atoms with van der Waals surface area (Å²) >= 11 is 0. The summed E-state index contributed by atoms with van der Waals surface area (Å²) in [6, 6.07) is 4.75. The molecule has 0 radical (unpaired) electrons. The van der Waals surface area contributed by atoms with Crippen molar-refractivity contribution in [3.63, 3.8) is 0 Å². The molecule has 0 saturated heterocycles. The molecule has 1 amide bonds. The fourth-order valence-corrected chi connectivity index (χ4v) is 2.19. The van der Waals surface area contributed by atoms with Crippen LogP contribution in [-0.4, -0.2) is 28.2 Å². The van der Waals surface area contributed by atoms with Gasteiger partial charge in [0.25, 0.3) is 5.91 Å². The lowest BCUT2D eigenvalue weighted by atomic mass is 10.1. The van der Waals surface area contributed by atoms with Gasteiger partial charge in [0, 0.05) is 40.2 Å². The van der Waals surface area contributed by atoms with Crippen molar-refractivity contribution in [2.45, 2.75) is 19.4 Å². The van der Waals surface area contributed by atoms with E-state index in [0.29, 0.717) is 29.1 Å². The molecule has 0 bridgehead atoms. The van der Waals surface area contributed by atoms with Crippen LogP contribution in [0.3, 0.4) is 0 Å². The zero-order valence-electron chi connectivity index (χ0n) is 10.6. The van der Waals surface area contributed by atoms with Gasteiger partial charge in [-0.2, -0.15) is 0 Å². The number of nitrogen functional groups attached to an aromatic ring is 2. The first-order valence-corrected chi connectivity index (χ1v) is 7.38. The van der Waals surface area contributed by atoms with Gasteiger partial charge >= 0.3 is 0 Å². The third-order valence-electron chi connectivity index (χ3n) is 2.54. The van der Waals surface area contributed by atoms with Gasteiger partial charge in [0.15, 0.2) is 0 Å². The Labute approximate surface area is 109 Å². The standard InChI is InChI=1S/C12H19N3O2S/c1-8(5-6-18(2)17)15-12(16)10-4-3-9(13)7-11(10)14/h3-4,7-8H,5-6,13-14H2,1-2H3,(H,15,16). The zero-order valence-corrected chi connectivity index (χ0v) is 11.4. The van der Waals surface area contributed by atoms with Gasteiger partial charge in [0.1, 0.15) is 0 Å². The number of carbonyl (C=O) groups is 1. The molecule has 5 nitrogen and oxygen atoms in total. The molecule has 1 aromatic rings. The van der Waals surface area contributed by atoms with E-state index in [0.717, 1.165) is 0 Å². The highest BCUT2D eigenvalue weighted by molar-refractivity contribution is 7.84. The Bertz CT molecular complexity index is 463. The molecule has 0 saturated carbocycles. The van der Waals surface area contributed by atoms with E-state index in [2.05, 4.69) is 5.32 Å². The van der Waals surface area contributed by atoms with E-state index >= 15 is 0 Å². The smallest absolute Gasteiger partial charge is 0.253 e. The van der Waals surface area contributed by atoms with Gasteiger partial charge in [0.05, 0.1) is 5.56 Å². The fraction of sp³-hybridized carbons (Fsp3) is 0.417. The van der Waals surface area contributed by atoms with Gasteiger partial charge in [-0.1, -0.05) is 0 Å². The number of hydrogen-bond donors (Lipinski definition) is 3. The SMILES string of the molecule is CC(CCS(C)=O)NC(=O)c1ccc(N)cc1N. The zero-order chi connectivity index (χ0) is 13.7. The molecule has 0 spiro atoms. The van der Waals surface area contributed by atoms with Crippen LogP contribution in [0.15, 0.2) is 18.2 Å². The molecule has 2 atom stereocenters. The van der Waals surface area contributed by atoms with Crippen LogP contribution in [-0.2, 0) is 10.8 Å². The van der Waals surface area contributed by atoms with E-state index in [-0.39, 0.29) is 11.9 Å². The summed E-state index contributed by atoms with van der Waals surface area (Å²) in [7, 11) is -0.845. The first-order chi connectivity index (χ1) is 8.40. The Morgan fingerprint density at radius 1 is 1.44 bits per heavy atom. The van der Waals surface area contributed by atoms with Gasteiger partial charge in [0.2, 0.25) is 0 Å². The second-order valence-electron chi connectivity index (χ2n) is 4.29. The first-order valence-electron chi connectivity index (χ1n) is 5.66. The van der Waals surface area contributed by atoms with Crippen LogP contribution in [0.25, 0.3) is 0 Å². The number of nitrogens with two attached hydrogens (primary N) is 2. The van der Waals surface area contributed by atoms with E-state index in [4.69, 9.17) is 11.5 Å². The fourth-order valence-electron chi connectivity index (χ4n) is 1.50. The summed E-state index contributed by atoms with van der Waals surface area (Å²) in [5, 5.41) is 2.82. The topological polar surface area (TPSA) is 98.2 Å². The molecule has 0 aliphatic heterocycles. The van der Waals surface area contributed by atoms with Crippen molar-refractivity contribution >= 4 is 28.1 Å². The van der Waals surface area contributed by atoms with Crippen molar-refractivity contribution in [3.05, 3.63) is 23.8 Å². The van der Waals surface area contributed by atoms with E-state index in [9.17, 15) is 9.00 Å². The van der Waals surface area contributed by atoms with Crippen LogP contribution in [0.4, 0.5) is 11.4 Å². The molecule has 0 fully saturated rings. The van der Waals surface area contributed by atoms with Crippen molar-refractivity contribution in [1.29, 1.82) is 0 Å². The second kappa shape index (κ2) is 6.39. The summed E-state index contributed by atoms with van der Waals surface area (Å²) in [4.78, 5) is 11.9. The van der Waals surface area contributed by atoms with Gasteiger partial charge in [-0.15, -0.1) is 0 Å². The summed E-state index contributed by atoms with van der Waals surface area (Å²) < 4.78 is 11.0. The predicted molar refractivity (Wildman–Crippen MR) is 75.7 cm³/mol. The van der Waals surface area contributed by atoms with Gasteiger partial charge in [-0.3, -0.25) is 9.00 Å². The van der Waals surface area contributed by atoms with Crippen LogP contribution in [0.1, 0.15) is 23.7 Å². The molecule has 100 valence electrons. The largest absolute Gasteiger partial charge is 0.399 e. The van der Waals surface area contributed by atoms with E-state index < -0.39 is 10.8 Å². The maximum absolute atomic E-state index is 11.9. The molecule has 1 aromatic carbocycles. The molecular weight excluding hydrogens is 250 g/mol. The molecule has 1 rings (SSSR count). The highest BCUT2D eigenvalue weighted by Crippen LogP contribution is 2.15. The molecular formula is C12H19N3O2S. The number of amides is 1. The monoisotopic (exact) mass is 269 g/mol. The van der Waals surface area contributed by atoms with Crippen LogP contribution < -0.4 is 16.8 Å². The van der Waals surface area contributed by atoms with Crippen molar-refractivity contribution in [1.82, 2.24) is 5.32 Å². The van der Waals surface area contributed by atoms with Crippen molar-refractivity contribution in [3.8, 4) is 0 Å². The first kappa shape index (κ1) is 14.5. The van der Waals surface area contributed by atoms with Crippen molar-refractivity contribution < 1.29 is 9.00 Å². The third-order valence-corrected chi connectivity index (χ3v) is 3.35. The van der Waals surface area contributed by atoms with Crippen molar-refractivity contribution in [2.75, 3.05) is 23.5 Å².